The Morgan fingerprint density at radius 1 is 1.19 bits per heavy atom. The molecule has 0 aliphatic carbocycles. The van der Waals surface area contributed by atoms with Crippen molar-refractivity contribution in [2.24, 2.45) is 0 Å². The highest BCUT2D eigenvalue weighted by Crippen LogP contribution is 2.20. The molecule has 1 N–H and O–H groups in total. The second-order valence-electron chi connectivity index (χ2n) is 6.68. The van der Waals surface area contributed by atoms with Crippen LogP contribution in [0, 0.1) is 0 Å². The molecule has 1 aromatic carbocycles. The lowest BCUT2D eigenvalue weighted by Crippen LogP contribution is -2.45. The highest BCUT2D eigenvalue weighted by molar-refractivity contribution is 5.87. The lowest BCUT2D eigenvalue weighted by Gasteiger charge is -2.22. The maximum absolute atomic E-state index is 12.6. The second kappa shape index (κ2) is 7.19. The van der Waals surface area contributed by atoms with Gasteiger partial charge in [-0.25, -0.2) is 9.97 Å². The number of aromatic nitrogens is 3. The fourth-order valence-electron chi connectivity index (χ4n) is 3.63. The number of para-hydroxylation sites is 2. The molecule has 0 unspecified atom stereocenters. The number of hydrogen-bond acceptors (Lipinski definition) is 4. The number of imidazole rings is 1. The molecule has 3 heterocycles. The number of rotatable bonds is 4. The average molecular weight is 363 g/mol. The molecule has 0 bridgehead atoms. The molecule has 7 nitrogen and oxygen atoms in total. The van der Waals surface area contributed by atoms with Crippen molar-refractivity contribution in [3.8, 4) is 5.82 Å². The number of likely N-dealkylation sites (tertiary alicyclic amines) is 1. The van der Waals surface area contributed by atoms with E-state index < -0.39 is 0 Å². The molecule has 1 saturated heterocycles. The Morgan fingerprint density at radius 3 is 2.89 bits per heavy atom. The Kier molecular flexibility index (Phi) is 4.58. The molecule has 1 aliphatic rings. The number of carbonyl (C=O) groups excluding carboxylic acids is 2. The van der Waals surface area contributed by atoms with Gasteiger partial charge in [0.15, 0.2) is 0 Å². The van der Waals surface area contributed by atoms with Crippen LogP contribution in [0.1, 0.15) is 25.3 Å². The fraction of sp³-hybridized carbons (Fsp3) is 0.300. The van der Waals surface area contributed by atoms with Crippen LogP contribution in [0.5, 0.6) is 0 Å². The van der Waals surface area contributed by atoms with Gasteiger partial charge in [-0.15, -0.1) is 0 Å². The summed E-state index contributed by atoms with van der Waals surface area (Å²) in [6, 6.07) is 11.3. The van der Waals surface area contributed by atoms with Crippen LogP contribution in [0.15, 0.2) is 48.9 Å². The molecular formula is C20H21N5O2. The quantitative estimate of drug-likeness (QED) is 0.769. The number of amides is 2. The van der Waals surface area contributed by atoms with Crippen molar-refractivity contribution < 1.29 is 9.59 Å². The van der Waals surface area contributed by atoms with E-state index in [0.717, 1.165) is 28.8 Å². The van der Waals surface area contributed by atoms with Crippen molar-refractivity contribution in [3.05, 3.63) is 54.5 Å². The molecule has 0 radical (unpaired) electrons. The standard InChI is InChI=1S/C20H21N5O2/c1-14(26)24-11-5-9-18(24)20(27)22-12-15-6-4-10-21-19(15)25-13-23-16-7-2-3-8-17(16)25/h2-4,6-8,10,13,18H,5,9,11-12H2,1H3,(H,22,27)/t18-/m0/s1. The summed E-state index contributed by atoms with van der Waals surface area (Å²) in [5, 5.41) is 2.97. The van der Waals surface area contributed by atoms with Gasteiger partial charge in [-0.3, -0.25) is 14.2 Å². The third-order valence-corrected chi connectivity index (χ3v) is 4.96. The molecule has 1 fully saturated rings. The first-order chi connectivity index (χ1) is 13.1. The van der Waals surface area contributed by atoms with Crippen molar-refractivity contribution in [2.45, 2.75) is 32.4 Å². The highest BCUT2D eigenvalue weighted by atomic mass is 16.2. The third kappa shape index (κ3) is 3.28. The number of fused-ring (bicyclic) bond motifs is 1. The largest absolute Gasteiger partial charge is 0.350 e. The maximum Gasteiger partial charge on any atom is 0.243 e. The normalized spacial score (nSPS) is 16.6. The van der Waals surface area contributed by atoms with Crippen LogP contribution in [-0.2, 0) is 16.1 Å². The second-order valence-corrected chi connectivity index (χ2v) is 6.68. The van der Waals surface area contributed by atoms with Crippen LogP contribution in [0.2, 0.25) is 0 Å². The summed E-state index contributed by atoms with van der Waals surface area (Å²) in [5.41, 5.74) is 2.74. The first-order valence-electron chi connectivity index (χ1n) is 9.06. The van der Waals surface area contributed by atoms with Gasteiger partial charge in [0.05, 0.1) is 11.0 Å². The first-order valence-corrected chi connectivity index (χ1v) is 9.06. The summed E-state index contributed by atoms with van der Waals surface area (Å²) < 4.78 is 1.92. The van der Waals surface area contributed by atoms with E-state index in [0.29, 0.717) is 19.5 Å². The first kappa shape index (κ1) is 17.2. The van der Waals surface area contributed by atoms with Gasteiger partial charge < -0.3 is 10.2 Å². The topological polar surface area (TPSA) is 80.1 Å². The summed E-state index contributed by atoms with van der Waals surface area (Å²) in [6.45, 7) is 2.50. The Balaban J connectivity index is 1.56. The molecule has 7 heteroatoms. The Hall–Kier alpha value is -3.22. The van der Waals surface area contributed by atoms with Gasteiger partial charge in [-0.05, 0) is 31.0 Å². The zero-order chi connectivity index (χ0) is 18.8. The number of carbonyl (C=O) groups is 2. The van der Waals surface area contributed by atoms with Gasteiger partial charge in [0, 0.05) is 31.8 Å². The van der Waals surface area contributed by atoms with E-state index in [1.54, 1.807) is 17.4 Å². The van der Waals surface area contributed by atoms with Crippen molar-refractivity contribution in [2.75, 3.05) is 6.54 Å². The van der Waals surface area contributed by atoms with Gasteiger partial charge in [0.25, 0.3) is 0 Å². The summed E-state index contributed by atoms with van der Waals surface area (Å²) in [7, 11) is 0. The van der Waals surface area contributed by atoms with Gasteiger partial charge in [0.1, 0.15) is 18.2 Å². The van der Waals surface area contributed by atoms with Crippen LogP contribution in [0.4, 0.5) is 0 Å². The van der Waals surface area contributed by atoms with E-state index in [-0.39, 0.29) is 17.9 Å². The smallest absolute Gasteiger partial charge is 0.243 e. The minimum Gasteiger partial charge on any atom is -0.350 e. The van der Waals surface area contributed by atoms with Crippen molar-refractivity contribution in [3.63, 3.8) is 0 Å². The number of nitrogens with one attached hydrogen (secondary N) is 1. The summed E-state index contributed by atoms with van der Waals surface area (Å²) in [6.07, 6.45) is 5.03. The Labute approximate surface area is 157 Å². The summed E-state index contributed by atoms with van der Waals surface area (Å²) >= 11 is 0. The molecule has 1 aliphatic heterocycles. The molecule has 2 aromatic heterocycles. The zero-order valence-corrected chi connectivity index (χ0v) is 15.1. The predicted octanol–water partition coefficient (Wildman–Crippen LogP) is 2.05. The van der Waals surface area contributed by atoms with Crippen molar-refractivity contribution in [1.29, 1.82) is 0 Å². The van der Waals surface area contributed by atoms with E-state index in [2.05, 4.69) is 15.3 Å². The Bertz CT molecular complexity index is 997. The van der Waals surface area contributed by atoms with E-state index in [4.69, 9.17) is 0 Å². The molecular weight excluding hydrogens is 342 g/mol. The Morgan fingerprint density at radius 2 is 2.04 bits per heavy atom. The molecule has 4 rings (SSSR count). The molecule has 1 atom stereocenters. The van der Waals surface area contributed by atoms with Gasteiger partial charge in [-0.2, -0.15) is 0 Å². The number of nitrogens with zero attached hydrogens (tertiary/aromatic N) is 4. The van der Waals surface area contributed by atoms with Gasteiger partial charge in [-0.1, -0.05) is 18.2 Å². The highest BCUT2D eigenvalue weighted by Gasteiger charge is 2.32. The van der Waals surface area contributed by atoms with Crippen molar-refractivity contribution >= 4 is 22.8 Å². The molecule has 2 amide bonds. The molecule has 138 valence electrons. The number of benzene rings is 1. The molecule has 0 spiro atoms. The van der Waals surface area contributed by atoms with Gasteiger partial charge in [0.2, 0.25) is 11.8 Å². The number of pyridine rings is 1. The van der Waals surface area contributed by atoms with Crippen LogP contribution in [-0.4, -0.2) is 43.8 Å². The summed E-state index contributed by atoms with van der Waals surface area (Å²) in [5.74, 6) is 0.564. The SMILES string of the molecule is CC(=O)N1CCC[C@H]1C(=O)NCc1cccnc1-n1cnc2ccccc21. The molecule has 3 aromatic rings. The molecule has 0 saturated carbocycles. The lowest BCUT2D eigenvalue weighted by molar-refractivity contribution is -0.136. The van der Waals surface area contributed by atoms with Crippen LogP contribution >= 0.6 is 0 Å². The van der Waals surface area contributed by atoms with Gasteiger partial charge >= 0.3 is 0 Å². The van der Waals surface area contributed by atoms with E-state index in [1.807, 2.05) is 41.0 Å². The monoisotopic (exact) mass is 363 g/mol. The number of hydrogen-bond donors (Lipinski definition) is 1. The molecule has 27 heavy (non-hydrogen) atoms. The fourth-order valence-corrected chi connectivity index (χ4v) is 3.63. The maximum atomic E-state index is 12.6. The minimum atomic E-state index is -0.378. The van der Waals surface area contributed by atoms with Crippen molar-refractivity contribution in [1.82, 2.24) is 24.8 Å². The van der Waals surface area contributed by atoms with E-state index in [9.17, 15) is 9.59 Å². The third-order valence-electron chi connectivity index (χ3n) is 4.96. The average Bonchev–Trinajstić information content (AvgIpc) is 3.33. The predicted molar refractivity (Wildman–Crippen MR) is 101 cm³/mol. The minimum absolute atomic E-state index is 0.0559. The lowest BCUT2D eigenvalue weighted by atomic mass is 10.2. The van der Waals surface area contributed by atoms with Crippen LogP contribution in [0.3, 0.4) is 0 Å². The van der Waals surface area contributed by atoms with Crippen LogP contribution < -0.4 is 5.32 Å². The summed E-state index contributed by atoms with van der Waals surface area (Å²) in [4.78, 5) is 34.8. The van der Waals surface area contributed by atoms with E-state index >= 15 is 0 Å². The van der Waals surface area contributed by atoms with Crippen LogP contribution in [0.25, 0.3) is 16.9 Å². The van der Waals surface area contributed by atoms with E-state index in [1.165, 1.54) is 6.92 Å². The zero-order valence-electron chi connectivity index (χ0n) is 15.1.